The molecule has 2 aromatic rings. The molecule has 0 fully saturated rings. The van der Waals surface area contributed by atoms with Crippen molar-refractivity contribution in [2.24, 2.45) is 0 Å². The smallest absolute Gasteiger partial charge is 0.189 e. The Morgan fingerprint density at radius 1 is 1.00 bits per heavy atom. The summed E-state index contributed by atoms with van der Waals surface area (Å²) in [5.41, 5.74) is 1.11. The van der Waals surface area contributed by atoms with Crippen molar-refractivity contribution in [2.75, 3.05) is 0 Å². The molecule has 3 rings (SSSR count). The third-order valence-corrected chi connectivity index (χ3v) is 4.14. The highest BCUT2D eigenvalue weighted by Gasteiger charge is 2.40. The molecule has 0 N–H and O–H groups in total. The molecule has 0 saturated heterocycles. The van der Waals surface area contributed by atoms with Gasteiger partial charge in [-0.15, -0.1) is 0 Å². The second-order valence-electron chi connectivity index (χ2n) is 5.51. The van der Waals surface area contributed by atoms with Crippen LogP contribution < -0.4 is 0 Å². The van der Waals surface area contributed by atoms with Gasteiger partial charge in [0.15, 0.2) is 11.8 Å². The van der Waals surface area contributed by atoms with Gasteiger partial charge >= 0.3 is 0 Å². The summed E-state index contributed by atoms with van der Waals surface area (Å²) in [6, 6.07) is 15.1. The van der Waals surface area contributed by atoms with E-state index in [-0.39, 0.29) is 0 Å². The number of aryl methyl sites for hydroxylation is 1. The van der Waals surface area contributed by atoms with Crippen molar-refractivity contribution in [3.63, 3.8) is 0 Å². The minimum atomic E-state index is -2.12. The first-order chi connectivity index (χ1) is 10.6. The van der Waals surface area contributed by atoms with Crippen molar-refractivity contribution < 1.29 is 8.78 Å². The Balaban J connectivity index is 2.10. The van der Waals surface area contributed by atoms with Crippen LogP contribution in [0, 0.1) is 0 Å². The molecule has 0 heterocycles. The van der Waals surface area contributed by atoms with Gasteiger partial charge in [0.25, 0.3) is 0 Å². The van der Waals surface area contributed by atoms with Crippen molar-refractivity contribution in [1.82, 2.24) is 0 Å². The summed E-state index contributed by atoms with van der Waals surface area (Å²) in [4.78, 5) is 0. The van der Waals surface area contributed by atoms with Crippen LogP contribution in [0.5, 0.6) is 0 Å². The Bertz CT molecular complexity index is 713. The molecule has 0 nitrogen and oxygen atoms in total. The predicted octanol–water partition coefficient (Wildman–Crippen LogP) is 5.54. The topological polar surface area (TPSA) is 0 Å². The standard InChI is InChI=1S/C20H18F2/c1-2-15-10-12-16(13-11-15)17-7-3-4-8-18(17)20(22)14-6-5-9-19(20)21/h3-14,19H,2H2,1H3. The highest BCUT2D eigenvalue weighted by atomic mass is 19.2. The van der Waals surface area contributed by atoms with Crippen LogP contribution in [0.25, 0.3) is 11.1 Å². The molecule has 0 aliphatic heterocycles. The van der Waals surface area contributed by atoms with Crippen LogP contribution in [0.15, 0.2) is 72.8 Å². The van der Waals surface area contributed by atoms with Gasteiger partial charge < -0.3 is 0 Å². The van der Waals surface area contributed by atoms with Gasteiger partial charge in [0, 0.05) is 5.56 Å². The first kappa shape index (κ1) is 14.7. The van der Waals surface area contributed by atoms with E-state index in [0.717, 1.165) is 17.5 Å². The molecule has 22 heavy (non-hydrogen) atoms. The van der Waals surface area contributed by atoms with Crippen molar-refractivity contribution >= 4 is 0 Å². The second-order valence-corrected chi connectivity index (χ2v) is 5.51. The first-order valence-corrected chi connectivity index (χ1v) is 7.53. The highest BCUT2D eigenvalue weighted by Crippen LogP contribution is 2.41. The van der Waals surface area contributed by atoms with Crippen LogP contribution in [-0.4, -0.2) is 6.17 Å². The van der Waals surface area contributed by atoms with E-state index in [1.54, 1.807) is 24.3 Å². The highest BCUT2D eigenvalue weighted by molar-refractivity contribution is 5.70. The molecule has 2 heteroatoms. The fourth-order valence-electron chi connectivity index (χ4n) is 2.82. The van der Waals surface area contributed by atoms with Gasteiger partial charge in [-0.25, -0.2) is 8.78 Å². The summed E-state index contributed by atoms with van der Waals surface area (Å²) >= 11 is 0. The van der Waals surface area contributed by atoms with E-state index < -0.39 is 11.8 Å². The summed E-state index contributed by atoms with van der Waals surface area (Å²) in [6.45, 7) is 2.09. The molecule has 0 radical (unpaired) electrons. The molecule has 0 bridgehead atoms. The largest absolute Gasteiger partial charge is 0.239 e. The van der Waals surface area contributed by atoms with Crippen LogP contribution >= 0.6 is 0 Å². The van der Waals surface area contributed by atoms with Gasteiger partial charge in [-0.05, 0) is 35.3 Å². The molecule has 0 amide bonds. The zero-order valence-corrected chi connectivity index (χ0v) is 12.5. The number of rotatable bonds is 3. The Morgan fingerprint density at radius 2 is 1.73 bits per heavy atom. The van der Waals surface area contributed by atoms with E-state index in [1.807, 2.05) is 36.4 Å². The number of allylic oxidation sites excluding steroid dienone is 4. The van der Waals surface area contributed by atoms with E-state index in [1.165, 1.54) is 17.7 Å². The third kappa shape index (κ3) is 2.50. The minimum Gasteiger partial charge on any atom is -0.239 e. The number of hydrogen-bond donors (Lipinski definition) is 0. The summed E-state index contributed by atoms with van der Waals surface area (Å²) in [7, 11) is 0. The molecule has 2 aromatic carbocycles. The van der Waals surface area contributed by atoms with E-state index in [0.29, 0.717) is 5.56 Å². The zero-order valence-electron chi connectivity index (χ0n) is 12.5. The lowest BCUT2D eigenvalue weighted by Gasteiger charge is -2.28. The maximum atomic E-state index is 15.3. The van der Waals surface area contributed by atoms with Crippen LogP contribution in [0.2, 0.25) is 0 Å². The van der Waals surface area contributed by atoms with Gasteiger partial charge in [0.1, 0.15) is 0 Å². The van der Waals surface area contributed by atoms with Crippen LogP contribution in [0.1, 0.15) is 18.1 Å². The molecule has 0 saturated carbocycles. The molecule has 1 aliphatic carbocycles. The molecular weight excluding hydrogens is 278 g/mol. The van der Waals surface area contributed by atoms with Gasteiger partial charge in [0.05, 0.1) is 0 Å². The molecular formula is C20H18F2. The minimum absolute atomic E-state index is 0.368. The van der Waals surface area contributed by atoms with E-state index in [4.69, 9.17) is 0 Å². The zero-order chi connectivity index (χ0) is 15.6. The molecule has 112 valence electrons. The van der Waals surface area contributed by atoms with Crippen LogP contribution in [-0.2, 0) is 12.1 Å². The number of hydrogen-bond acceptors (Lipinski definition) is 0. The Labute approximate surface area is 129 Å². The number of alkyl halides is 2. The SMILES string of the molecule is CCc1ccc(-c2ccccc2C2(F)C=CC=CC2F)cc1. The molecule has 2 unspecified atom stereocenters. The van der Waals surface area contributed by atoms with E-state index in [9.17, 15) is 4.39 Å². The Hall–Kier alpha value is -2.22. The molecule has 2 atom stereocenters. The predicted molar refractivity (Wildman–Crippen MR) is 87.2 cm³/mol. The third-order valence-electron chi connectivity index (χ3n) is 4.14. The van der Waals surface area contributed by atoms with Gasteiger partial charge in [-0.2, -0.15) is 0 Å². The van der Waals surface area contributed by atoms with Crippen molar-refractivity contribution in [3.8, 4) is 11.1 Å². The molecule has 1 aliphatic rings. The number of benzene rings is 2. The van der Waals surface area contributed by atoms with E-state index in [2.05, 4.69) is 6.92 Å². The van der Waals surface area contributed by atoms with Gasteiger partial charge in [0.2, 0.25) is 0 Å². The summed E-state index contributed by atoms with van der Waals surface area (Å²) in [5.74, 6) is 0. The fourth-order valence-corrected chi connectivity index (χ4v) is 2.82. The normalized spacial score (nSPS) is 23.7. The summed E-state index contributed by atoms with van der Waals surface area (Å²) < 4.78 is 29.5. The van der Waals surface area contributed by atoms with Crippen molar-refractivity contribution in [1.29, 1.82) is 0 Å². The average molecular weight is 296 g/mol. The summed E-state index contributed by atoms with van der Waals surface area (Å²) in [5, 5.41) is 0. The van der Waals surface area contributed by atoms with Crippen molar-refractivity contribution in [3.05, 3.63) is 84.0 Å². The maximum absolute atomic E-state index is 15.3. The quantitative estimate of drug-likeness (QED) is 0.697. The van der Waals surface area contributed by atoms with E-state index >= 15 is 4.39 Å². The maximum Gasteiger partial charge on any atom is 0.189 e. The van der Waals surface area contributed by atoms with Crippen molar-refractivity contribution in [2.45, 2.75) is 25.2 Å². The lowest BCUT2D eigenvalue weighted by atomic mass is 9.83. The molecule has 0 aromatic heterocycles. The van der Waals surface area contributed by atoms with Crippen LogP contribution in [0.4, 0.5) is 8.78 Å². The lowest BCUT2D eigenvalue weighted by Crippen LogP contribution is -2.30. The second kappa shape index (κ2) is 5.88. The Kier molecular flexibility index (Phi) is 3.93. The first-order valence-electron chi connectivity index (χ1n) is 7.53. The summed E-state index contributed by atoms with van der Waals surface area (Å²) in [6.07, 6.45) is 4.95. The van der Waals surface area contributed by atoms with Crippen LogP contribution in [0.3, 0.4) is 0 Å². The number of halogens is 2. The van der Waals surface area contributed by atoms with Gasteiger partial charge in [-0.1, -0.05) is 67.6 Å². The monoisotopic (exact) mass is 296 g/mol. The average Bonchev–Trinajstić information content (AvgIpc) is 2.58. The lowest BCUT2D eigenvalue weighted by molar-refractivity contribution is 0.125. The fraction of sp³-hybridized carbons (Fsp3) is 0.200. The Morgan fingerprint density at radius 3 is 2.41 bits per heavy atom. The van der Waals surface area contributed by atoms with Gasteiger partial charge in [-0.3, -0.25) is 0 Å². The molecule has 0 spiro atoms.